The molecular formula is C12H10N2. The normalized spacial score (nSPS) is 17.9. The highest BCUT2D eigenvalue weighted by Crippen LogP contribution is 2.49. The number of nitrogens with one attached hydrogen (secondary N) is 1. The molecule has 1 fully saturated rings. The van der Waals surface area contributed by atoms with Crippen LogP contribution in [-0.4, -0.2) is 4.98 Å². The van der Waals surface area contributed by atoms with Crippen LogP contribution >= 0.6 is 0 Å². The Morgan fingerprint density at radius 1 is 1.29 bits per heavy atom. The van der Waals surface area contributed by atoms with Gasteiger partial charge in [-0.2, -0.15) is 5.26 Å². The Labute approximate surface area is 82.2 Å². The van der Waals surface area contributed by atoms with Gasteiger partial charge in [0, 0.05) is 17.1 Å². The maximum atomic E-state index is 9.15. The molecule has 68 valence electrons. The first-order chi connectivity index (χ1) is 6.86. The largest absolute Gasteiger partial charge is 0.361 e. The van der Waals surface area contributed by atoms with Crippen molar-refractivity contribution >= 4 is 10.9 Å². The Morgan fingerprint density at radius 3 is 2.86 bits per heavy atom. The number of aromatic nitrogens is 1. The third-order valence-corrected chi connectivity index (χ3v) is 3.07. The van der Waals surface area contributed by atoms with Crippen LogP contribution in [0.25, 0.3) is 10.9 Å². The first-order valence-electron chi connectivity index (χ1n) is 4.84. The standard InChI is InChI=1S/C12H10N2/c13-8-12(5-6-12)10-2-1-3-11-9(10)4-7-14-11/h1-4,7,14H,5-6H2. The molecule has 0 atom stereocenters. The number of nitriles is 1. The molecule has 0 radical (unpaired) electrons. The fraction of sp³-hybridized carbons (Fsp3) is 0.250. The summed E-state index contributed by atoms with van der Waals surface area (Å²) in [6, 6.07) is 10.6. The molecule has 0 amide bonds. The number of rotatable bonds is 1. The van der Waals surface area contributed by atoms with E-state index in [4.69, 9.17) is 5.26 Å². The first-order valence-corrected chi connectivity index (χ1v) is 4.84. The van der Waals surface area contributed by atoms with E-state index in [0.29, 0.717) is 0 Å². The molecule has 14 heavy (non-hydrogen) atoms. The number of aromatic amines is 1. The molecule has 0 aliphatic heterocycles. The third-order valence-electron chi connectivity index (χ3n) is 3.07. The van der Waals surface area contributed by atoms with E-state index in [1.807, 2.05) is 18.3 Å². The van der Waals surface area contributed by atoms with Gasteiger partial charge in [-0.25, -0.2) is 0 Å². The molecule has 1 aliphatic rings. The number of fused-ring (bicyclic) bond motifs is 1. The molecule has 0 spiro atoms. The summed E-state index contributed by atoms with van der Waals surface area (Å²) in [5.74, 6) is 0. The van der Waals surface area contributed by atoms with Crippen molar-refractivity contribution in [2.45, 2.75) is 18.3 Å². The summed E-state index contributed by atoms with van der Waals surface area (Å²) in [4.78, 5) is 3.17. The van der Waals surface area contributed by atoms with E-state index in [-0.39, 0.29) is 5.41 Å². The molecule has 1 N–H and O–H groups in total. The highest BCUT2D eigenvalue weighted by molar-refractivity contribution is 5.85. The highest BCUT2D eigenvalue weighted by Gasteiger charge is 2.45. The van der Waals surface area contributed by atoms with Gasteiger partial charge < -0.3 is 4.98 Å². The third kappa shape index (κ3) is 0.843. The molecule has 2 heteroatoms. The van der Waals surface area contributed by atoms with Crippen LogP contribution in [0.5, 0.6) is 0 Å². The number of benzene rings is 1. The lowest BCUT2D eigenvalue weighted by molar-refractivity contribution is 0.920. The van der Waals surface area contributed by atoms with E-state index in [0.717, 1.165) is 18.4 Å². The van der Waals surface area contributed by atoms with Crippen molar-refractivity contribution in [1.29, 1.82) is 5.26 Å². The Balaban J connectivity index is 2.32. The van der Waals surface area contributed by atoms with E-state index in [1.54, 1.807) is 0 Å². The molecule has 1 saturated carbocycles. The van der Waals surface area contributed by atoms with Gasteiger partial charge in [-0.3, -0.25) is 0 Å². The van der Waals surface area contributed by atoms with Crippen LogP contribution in [0.3, 0.4) is 0 Å². The van der Waals surface area contributed by atoms with Crippen molar-refractivity contribution in [1.82, 2.24) is 4.98 Å². The summed E-state index contributed by atoms with van der Waals surface area (Å²) in [5.41, 5.74) is 2.14. The number of hydrogen-bond donors (Lipinski definition) is 1. The molecule has 2 aromatic rings. The van der Waals surface area contributed by atoms with Gasteiger partial charge in [-0.15, -0.1) is 0 Å². The Morgan fingerprint density at radius 2 is 2.14 bits per heavy atom. The molecule has 1 aliphatic carbocycles. The molecule has 3 rings (SSSR count). The highest BCUT2D eigenvalue weighted by atomic mass is 14.7. The average Bonchev–Trinajstić information content (AvgIpc) is 2.87. The topological polar surface area (TPSA) is 39.6 Å². The summed E-state index contributed by atoms with van der Waals surface area (Å²) in [6.45, 7) is 0. The Kier molecular flexibility index (Phi) is 1.30. The minimum Gasteiger partial charge on any atom is -0.361 e. The van der Waals surface area contributed by atoms with E-state index in [1.165, 1.54) is 10.9 Å². The van der Waals surface area contributed by atoms with Crippen LogP contribution < -0.4 is 0 Å². The van der Waals surface area contributed by atoms with Crippen molar-refractivity contribution in [3.63, 3.8) is 0 Å². The van der Waals surface area contributed by atoms with Crippen molar-refractivity contribution in [3.8, 4) is 6.07 Å². The lowest BCUT2D eigenvalue weighted by Gasteiger charge is -2.06. The van der Waals surface area contributed by atoms with Gasteiger partial charge in [0.2, 0.25) is 0 Å². The van der Waals surface area contributed by atoms with Crippen LogP contribution in [0, 0.1) is 11.3 Å². The summed E-state index contributed by atoms with van der Waals surface area (Å²) < 4.78 is 0. The fourth-order valence-corrected chi connectivity index (χ4v) is 2.07. The zero-order chi connectivity index (χ0) is 9.60. The maximum absolute atomic E-state index is 9.15. The zero-order valence-corrected chi connectivity index (χ0v) is 7.75. The second-order valence-electron chi connectivity index (χ2n) is 3.94. The van der Waals surface area contributed by atoms with Gasteiger partial charge in [0.15, 0.2) is 0 Å². The summed E-state index contributed by atoms with van der Waals surface area (Å²) in [6.07, 6.45) is 3.95. The monoisotopic (exact) mass is 182 g/mol. The molecular weight excluding hydrogens is 172 g/mol. The number of H-pyrrole nitrogens is 1. The Hall–Kier alpha value is -1.75. The molecule has 0 bridgehead atoms. The van der Waals surface area contributed by atoms with Gasteiger partial charge in [-0.05, 0) is 30.5 Å². The molecule has 1 aromatic carbocycles. The van der Waals surface area contributed by atoms with Gasteiger partial charge in [0.05, 0.1) is 11.5 Å². The lowest BCUT2D eigenvalue weighted by Crippen LogP contribution is -2.02. The van der Waals surface area contributed by atoms with Crippen LogP contribution in [-0.2, 0) is 5.41 Å². The van der Waals surface area contributed by atoms with Gasteiger partial charge in [0.1, 0.15) is 0 Å². The number of nitrogens with zero attached hydrogens (tertiary/aromatic N) is 1. The number of hydrogen-bond acceptors (Lipinski definition) is 1. The Bertz CT molecular complexity index is 526. The van der Waals surface area contributed by atoms with E-state index in [9.17, 15) is 0 Å². The van der Waals surface area contributed by atoms with E-state index in [2.05, 4.69) is 23.2 Å². The smallest absolute Gasteiger partial charge is 0.0830 e. The van der Waals surface area contributed by atoms with Crippen molar-refractivity contribution < 1.29 is 0 Å². The minimum absolute atomic E-state index is 0.179. The van der Waals surface area contributed by atoms with Gasteiger partial charge in [0.25, 0.3) is 0 Å². The molecule has 0 saturated heterocycles. The zero-order valence-electron chi connectivity index (χ0n) is 7.75. The quantitative estimate of drug-likeness (QED) is 0.723. The summed E-state index contributed by atoms with van der Waals surface area (Å²) >= 11 is 0. The predicted octanol–water partition coefficient (Wildman–Crippen LogP) is 2.72. The van der Waals surface area contributed by atoms with Crippen LogP contribution in [0.4, 0.5) is 0 Å². The summed E-state index contributed by atoms with van der Waals surface area (Å²) in [7, 11) is 0. The molecule has 1 heterocycles. The second-order valence-corrected chi connectivity index (χ2v) is 3.94. The van der Waals surface area contributed by atoms with Crippen LogP contribution in [0.1, 0.15) is 18.4 Å². The lowest BCUT2D eigenvalue weighted by atomic mass is 9.94. The maximum Gasteiger partial charge on any atom is 0.0830 e. The second kappa shape index (κ2) is 2.39. The predicted molar refractivity (Wildman–Crippen MR) is 54.8 cm³/mol. The SMILES string of the molecule is N#CC1(c2cccc3[nH]ccc23)CC1. The molecule has 1 aromatic heterocycles. The van der Waals surface area contributed by atoms with Crippen molar-refractivity contribution in [2.75, 3.05) is 0 Å². The van der Waals surface area contributed by atoms with E-state index < -0.39 is 0 Å². The van der Waals surface area contributed by atoms with Gasteiger partial charge in [-0.1, -0.05) is 12.1 Å². The van der Waals surface area contributed by atoms with Crippen molar-refractivity contribution in [3.05, 3.63) is 36.0 Å². The van der Waals surface area contributed by atoms with Gasteiger partial charge >= 0.3 is 0 Å². The summed E-state index contributed by atoms with van der Waals surface area (Å²) in [5, 5.41) is 10.3. The van der Waals surface area contributed by atoms with Crippen LogP contribution in [0.2, 0.25) is 0 Å². The minimum atomic E-state index is -0.179. The average molecular weight is 182 g/mol. The molecule has 0 unspecified atom stereocenters. The first kappa shape index (κ1) is 7.64. The van der Waals surface area contributed by atoms with Crippen LogP contribution in [0.15, 0.2) is 30.5 Å². The molecule has 2 nitrogen and oxygen atoms in total. The fourth-order valence-electron chi connectivity index (χ4n) is 2.07. The van der Waals surface area contributed by atoms with Crippen molar-refractivity contribution in [2.24, 2.45) is 0 Å². The van der Waals surface area contributed by atoms with E-state index >= 15 is 0 Å².